The van der Waals surface area contributed by atoms with Gasteiger partial charge in [0.25, 0.3) is 5.91 Å². The minimum absolute atomic E-state index is 0.0527. The average molecular weight is 311 g/mol. The van der Waals surface area contributed by atoms with Gasteiger partial charge >= 0.3 is 0 Å². The second-order valence-corrected chi connectivity index (χ2v) is 4.72. The summed E-state index contributed by atoms with van der Waals surface area (Å²) in [6.07, 6.45) is 3.82. The molecule has 0 aliphatic carbocycles. The Kier molecular flexibility index (Phi) is 4.15. The molecule has 2 rings (SSSR count). The number of amides is 1. The number of halogens is 2. The van der Waals surface area contributed by atoms with E-state index in [9.17, 15) is 9.18 Å². The molecule has 3 nitrogen and oxygen atoms in total. The van der Waals surface area contributed by atoms with Gasteiger partial charge in [0, 0.05) is 30.0 Å². The van der Waals surface area contributed by atoms with Crippen LogP contribution in [0.3, 0.4) is 0 Å². The Morgan fingerprint density at radius 3 is 2.78 bits per heavy atom. The molecule has 0 aliphatic rings. The van der Waals surface area contributed by atoms with Crippen LogP contribution in [0.15, 0.2) is 47.2 Å². The normalized spacial score (nSPS) is 10.3. The number of benzene rings is 1. The van der Waals surface area contributed by atoms with Crippen molar-refractivity contribution in [2.45, 2.75) is 6.54 Å². The van der Waals surface area contributed by atoms with Crippen molar-refractivity contribution in [2.24, 2.45) is 0 Å². The lowest BCUT2D eigenvalue weighted by molar-refractivity contribution is 0.0948. The molecule has 5 heteroatoms. The maximum Gasteiger partial charge on any atom is 0.254 e. The van der Waals surface area contributed by atoms with Crippen LogP contribution in [0.5, 0.6) is 0 Å². The lowest BCUT2D eigenvalue weighted by Gasteiger charge is -2.07. The van der Waals surface area contributed by atoms with Crippen LogP contribution in [0.4, 0.5) is 4.39 Å². The molecule has 0 radical (unpaired) electrons. The Hall–Kier alpha value is -1.62. The zero-order chi connectivity index (χ0) is 13.0. The summed E-state index contributed by atoms with van der Waals surface area (Å²) < 4.78 is 16.1. The fourth-order valence-corrected chi connectivity index (χ4v) is 1.95. The molecule has 18 heavy (non-hydrogen) atoms. The second kappa shape index (κ2) is 5.82. The average Bonchev–Trinajstić information content (AvgIpc) is 2.85. The van der Waals surface area contributed by atoms with E-state index < -0.39 is 11.7 Å². The quantitative estimate of drug-likeness (QED) is 0.925. The Bertz CT molecular complexity index is 540. The number of nitrogens with zero attached hydrogens (tertiary/aromatic N) is 1. The van der Waals surface area contributed by atoms with E-state index >= 15 is 0 Å². The molecule has 0 unspecified atom stereocenters. The summed E-state index contributed by atoms with van der Waals surface area (Å²) in [7, 11) is 0. The third kappa shape index (κ3) is 3.20. The van der Waals surface area contributed by atoms with Crippen LogP contribution in [0, 0.1) is 5.82 Å². The molecule has 2 aromatic rings. The maximum absolute atomic E-state index is 13.4. The van der Waals surface area contributed by atoms with Gasteiger partial charge in [-0.1, -0.05) is 15.9 Å². The Labute approximate surface area is 113 Å². The van der Waals surface area contributed by atoms with Crippen molar-refractivity contribution in [3.63, 3.8) is 0 Å². The zero-order valence-corrected chi connectivity index (χ0v) is 11.2. The van der Waals surface area contributed by atoms with Gasteiger partial charge in [-0.2, -0.15) is 0 Å². The van der Waals surface area contributed by atoms with Gasteiger partial charge in [0.05, 0.1) is 5.56 Å². The molecule has 0 atom stereocenters. The first kappa shape index (κ1) is 12.8. The van der Waals surface area contributed by atoms with E-state index in [-0.39, 0.29) is 5.56 Å². The van der Waals surface area contributed by atoms with E-state index in [0.29, 0.717) is 17.6 Å². The van der Waals surface area contributed by atoms with Crippen LogP contribution in [-0.2, 0) is 6.54 Å². The molecule has 1 heterocycles. The number of nitrogens with one attached hydrogen (secondary N) is 1. The third-order valence-electron chi connectivity index (χ3n) is 2.49. The van der Waals surface area contributed by atoms with Crippen molar-refractivity contribution >= 4 is 21.8 Å². The first-order valence-electron chi connectivity index (χ1n) is 5.51. The highest BCUT2D eigenvalue weighted by Crippen LogP contribution is 2.15. The predicted molar refractivity (Wildman–Crippen MR) is 70.9 cm³/mol. The summed E-state index contributed by atoms with van der Waals surface area (Å²) in [5.41, 5.74) is 0.0527. The van der Waals surface area contributed by atoms with E-state index in [1.54, 1.807) is 6.07 Å². The van der Waals surface area contributed by atoms with Crippen LogP contribution >= 0.6 is 15.9 Å². The zero-order valence-electron chi connectivity index (χ0n) is 9.57. The van der Waals surface area contributed by atoms with Gasteiger partial charge in [0.15, 0.2) is 0 Å². The summed E-state index contributed by atoms with van der Waals surface area (Å²) in [6, 6.07) is 8.13. The summed E-state index contributed by atoms with van der Waals surface area (Å²) in [5, 5.41) is 2.68. The predicted octanol–water partition coefficient (Wildman–Crippen LogP) is 2.82. The second-order valence-electron chi connectivity index (χ2n) is 3.80. The van der Waals surface area contributed by atoms with E-state index in [4.69, 9.17) is 0 Å². The Balaban J connectivity index is 1.93. The summed E-state index contributed by atoms with van der Waals surface area (Å²) in [4.78, 5) is 11.8. The number of aromatic nitrogens is 1. The standard InChI is InChI=1S/C13H12BrFN2O/c14-10-3-4-12(15)11(9-10)13(18)16-5-8-17-6-1-2-7-17/h1-4,6-7,9H,5,8H2,(H,16,18). The van der Waals surface area contributed by atoms with Crippen LogP contribution in [0.1, 0.15) is 10.4 Å². The number of carbonyl (C=O) groups excluding carboxylic acids is 1. The van der Waals surface area contributed by atoms with Crippen molar-refractivity contribution in [3.05, 3.63) is 58.6 Å². The van der Waals surface area contributed by atoms with Gasteiger partial charge in [-0.15, -0.1) is 0 Å². The molecule has 0 saturated carbocycles. The van der Waals surface area contributed by atoms with E-state index in [1.165, 1.54) is 12.1 Å². The lowest BCUT2D eigenvalue weighted by Crippen LogP contribution is -2.27. The maximum atomic E-state index is 13.4. The first-order chi connectivity index (χ1) is 8.66. The van der Waals surface area contributed by atoms with Gasteiger partial charge in [0.1, 0.15) is 5.82 Å². The summed E-state index contributed by atoms with van der Waals surface area (Å²) in [5.74, 6) is -0.919. The minimum Gasteiger partial charge on any atom is -0.353 e. The molecular formula is C13H12BrFN2O. The van der Waals surface area contributed by atoms with Crippen molar-refractivity contribution in [1.82, 2.24) is 9.88 Å². The molecular weight excluding hydrogens is 299 g/mol. The minimum atomic E-state index is -0.517. The van der Waals surface area contributed by atoms with Gasteiger partial charge in [-0.3, -0.25) is 4.79 Å². The topological polar surface area (TPSA) is 34.0 Å². The summed E-state index contributed by atoms with van der Waals surface area (Å²) in [6.45, 7) is 1.12. The van der Waals surface area contributed by atoms with Gasteiger partial charge in [0.2, 0.25) is 0 Å². The van der Waals surface area contributed by atoms with Crippen LogP contribution < -0.4 is 5.32 Å². The van der Waals surface area contributed by atoms with Crippen molar-refractivity contribution in [2.75, 3.05) is 6.54 Å². The molecule has 94 valence electrons. The molecule has 1 N–H and O–H groups in total. The Morgan fingerprint density at radius 2 is 2.06 bits per heavy atom. The molecule has 1 aromatic heterocycles. The van der Waals surface area contributed by atoms with Crippen LogP contribution in [-0.4, -0.2) is 17.0 Å². The number of rotatable bonds is 4. The molecule has 0 saturated heterocycles. The highest BCUT2D eigenvalue weighted by atomic mass is 79.9. The SMILES string of the molecule is O=C(NCCn1cccc1)c1cc(Br)ccc1F. The van der Waals surface area contributed by atoms with Crippen molar-refractivity contribution in [3.8, 4) is 0 Å². The van der Waals surface area contributed by atoms with Gasteiger partial charge in [-0.05, 0) is 30.3 Å². The fraction of sp³-hybridized carbons (Fsp3) is 0.154. The van der Waals surface area contributed by atoms with Gasteiger partial charge < -0.3 is 9.88 Å². The largest absolute Gasteiger partial charge is 0.353 e. The first-order valence-corrected chi connectivity index (χ1v) is 6.30. The van der Waals surface area contributed by atoms with Crippen LogP contribution in [0.2, 0.25) is 0 Å². The van der Waals surface area contributed by atoms with E-state index in [1.807, 2.05) is 29.1 Å². The number of hydrogen-bond donors (Lipinski definition) is 1. The molecule has 1 aromatic carbocycles. The van der Waals surface area contributed by atoms with Gasteiger partial charge in [-0.25, -0.2) is 4.39 Å². The molecule has 0 spiro atoms. The van der Waals surface area contributed by atoms with E-state index in [2.05, 4.69) is 21.2 Å². The number of hydrogen-bond acceptors (Lipinski definition) is 1. The fourth-order valence-electron chi connectivity index (χ4n) is 1.58. The highest BCUT2D eigenvalue weighted by molar-refractivity contribution is 9.10. The summed E-state index contributed by atoms with van der Waals surface area (Å²) >= 11 is 3.21. The molecule has 1 amide bonds. The third-order valence-corrected chi connectivity index (χ3v) is 2.99. The van der Waals surface area contributed by atoms with Crippen molar-refractivity contribution in [1.29, 1.82) is 0 Å². The molecule has 0 aliphatic heterocycles. The van der Waals surface area contributed by atoms with Crippen molar-refractivity contribution < 1.29 is 9.18 Å². The lowest BCUT2D eigenvalue weighted by atomic mass is 10.2. The van der Waals surface area contributed by atoms with Crippen LogP contribution in [0.25, 0.3) is 0 Å². The Morgan fingerprint density at radius 1 is 1.33 bits per heavy atom. The smallest absolute Gasteiger partial charge is 0.254 e. The number of carbonyl (C=O) groups is 1. The van der Waals surface area contributed by atoms with E-state index in [0.717, 1.165) is 0 Å². The molecule has 0 fully saturated rings. The highest BCUT2D eigenvalue weighted by Gasteiger charge is 2.11. The monoisotopic (exact) mass is 310 g/mol. The molecule has 0 bridgehead atoms.